The Morgan fingerprint density at radius 1 is 1.59 bits per heavy atom. The molecule has 0 spiro atoms. The van der Waals surface area contributed by atoms with E-state index in [4.69, 9.17) is 16.1 Å². The van der Waals surface area contributed by atoms with Crippen molar-refractivity contribution >= 4 is 17.5 Å². The second kappa shape index (κ2) is 4.69. The van der Waals surface area contributed by atoms with E-state index in [9.17, 15) is 4.79 Å². The van der Waals surface area contributed by atoms with Gasteiger partial charge in [0.25, 0.3) is 0 Å². The van der Waals surface area contributed by atoms with Crippen molar-refractivity contribution < 1.29 is 9.32 Å². The van der Waals surface area contributed by atoms with E-state index in [1.165, 1.54) is 0 Å². The largest absolute Gasteiger partial charge is 0.361 e. The number of nitrogens with one attached hydrogen (secondary N) is 1. The second-order valence-corrected chi connectivity index (χ2v) is 5.55. The van der Waals surface area contributed by atoms with Crippen LogP contribution in [0.15, 0.2) is 4.52 Å². The number of aromatic nitrogens is 1. The fraction of sp³-hybridized carbons (Fsp3) is 0.667. The highest BCUT2D eigenvalue weighted by atomic mass is 35.5. The summed E-state index contributed by atoms with van der Waals surface area (Å²) in [7, 11) is 0. The summed E-state index contributed by atoms with van der Waals surface area (Å²) in [6.07, 6.45) is 3.00. The van der Waals surface area contributed by atoms with Crippen LogP contribution in [0.2, 0.25) is 0 Å². The average molecular weight is 257 g/mol. The first-order valence-corrected chi connectivity index (χ1v) is 6.34. The lowest BCUT2D eigenvalue weighted by Crippen LogP contribution is -2.26. The maximum absolute atomic E-state index is 11.1. The van der Waals surface area contributed by atoms with Gasteiger partial charge < -0.3 is 9.84 Å². The number of aryl methyl sites for hydroxylation is 1. The summed E-state index contributed by atoms with van der Waals surface area (Å²) in [6, 6.07) is 0. The van der Waals surface area contributed by atoms with Crippen molar-refractivity contribution in [3.8, 4) is 0 Å². The molecule has 0 aliphatic heterocycles. The Morgan fingerprint density at radius 3 is 3.06 bits per heavy atom. The predicted octanol–water partition coefficient (Wildman–Crippen LogP) is 2.04. The lowest BCUT2D eigenvalue weighted by Gasteiger charge is -2.28. The molecule has 1 aliphatic rings. The van der Waals surface area contributed by atoms with Crippen LogP contribution in [0.5, 0.6) is 0 Å². The van der Waals surface area contributed by atoms with Gasteiger partial charge in [0.15, 0.2) is 0 Å². The van der Waals surface area contributed by atoms with Crippen molar-refractivity contribution in [1.82, 2.24) is 10.5 Å². The highest BCUT2D eigenvalue weighted by Crippen LogP contribution is 2.36. The molecule has 4 nitrogen and oxygen atoms in total. The van der Waals surface area contributed by atoms with Gasteiger partial charge >= 0.3 is 0 Å². The third-order valence-corrected chi connectivity index (χ3v) is 3.45. The van der Waals surface area contributed by atoms with Gasteiger partial charge in [-0.3, -0.25) is 4.79 Å². The summed E-state index contributed by atoms with van der Waals surface area (Å²) in [4.78, 5) is 11.1. The van der Waals surface area contributed by atoms with Crippen LogP contribution < -0.4 is 5.32 Å². The van der Waals surface area contributed by atoms with Crippen molar-refractivity contribution in [3.63, 3.8) is 0 Å². The summed E-state index contributed by atoms with van der Waals surface area (Å²) >= 11 is 5.42. The van der Waals surface area contributed by atoms with Crippen LogP contribution in [0.1, 0.15) is 37.3 Å². The summed E-state index contributed by atoms with van der Waals surface area (Å²) in [5.41, 5.74) is 2.28. The number of rotatable bonds is 3. The smallest absolute Gasteiger partial charge is 0.235 e. The molecule has 1 aliphatic carbocycles. The molecule has 0 radical (unpaired) electrons. The van der Waals surface area contributed by atoms with E-state index in [1.807, 2.05) is 0 Å². The molecule has 0 saturated heterocycles. The van der Waals surface area contributed by atoms with E-state index in [2.05, 4.69) is 24.3 Å². The Hall–Kier alpha value is -1.03. The molecule has 1 heterocycles. The van der Waals surface area contributed by atoms with Crippen molar-refractivity contribution in [2.45, 2.75) is 39.7 Å². The number of carbonyl (C=O) groups is 1. The van der Waals surface area contributed by atoms with E-state index in [-0.39, 0.29) is 17.2 Å². The standard InChI is InChI=1S/C12H17ClN2O2/c1-12(2)4-3-10-8(5-12)9(15-17-10)7-14-11(16)6-13/h3-7H2,1-2H3,(H,14,16). The molecule has 5 heteroatoms. The maximum atomic E-state index is 11.1. The van der Waals surface area contributed by atoms with Gasteiger partial charge in [0.05, 0.1) is 6.54 Å². The summed E-state index contributed by atoms with van der Waals surface area (Å²) < 4.78 is 5.31. The third kappa shape index (κ3) is 2.80. The number of fused-ring (bicyclic) bond motifs is 1. The third-order valence-electron chi connectivity index (χ3n) is 3.21. The van der Waals surface area contributed by atoms with Crippen LogP contribution in [-0.2, 0) is 24.2 Å². The number of carbonyl (C=O) groups excluding carboxylic acids is 1. The van der Waals surface area contributed by atoms with Gasteiger partial charge in [-0.25, -0.2) is 0 Å². The first-order valence-electron chi connectivity index (χ1n) is 5.81. The van der Waals surface area contributed by atoms with Crippen molar-refractivity contribution in [3.05, 3.63) is 17.0 Å². The second-order valence-electron chi connectivity index (χ2n) is 5.28. The number of amides is 1. The molecular formula is C12H17ClN2O2. The van der Waals surface area contributed by atoms with E-state index < -0.39 is 0 Å². The molecule has 0 bridgehead atoms. The molecule has 1 aromatic rings. The lowest BCUT2D eigenvalue weighted by molar-refractivity contribution is -0.118. The molecular weight excluding hydrogens is 240 g/mol. The zero-order chi connectivity index (χ0) is 12.5. The monoisotopic (exact) mass is 256 g/mol. The molecule has 1 aromatic heterocycles. The molecule has 1 N–H and O–H groups in total. The molecule has 1 amide bonds. The lowest BCUT2D eigenvalue weighted by atomic mass is 9.76. The molecule has 17 heavy (non-hydrogen) atoms. The Bertz CT molecular complexity index is 426. The fourth-order valence-corrected chi connectivity index (χ4v) is 2.26. The Morgan fingerprint density at radius 2 is 2.35 bits per heavy atom. The van der Waals surface area contributed by atoms with Gasteiger partial charge in [0.1, 0.15) is 17.3 Å². The van der Waals surface area contributed by atoms with Gasteiger partial charge in [-0.2, -0.15) is 0 Å². The minimum atomic E-state index is -0.182. The zero-order valence-electron chi connectivity index (χ0n) is 10.2. The number of hydrogen-bond acceptors (Lipinski definition) is 3. The molecule has 0 fully saturated rings. The van der Waals surface area contributed by atoms with E-state index in [0.717, 1.165) is 36.3 Å². The van der Waals surface area contributed by atoms with Gasteiger partial charge in [0, 0.05) is 12.0 Å². The van der Waals surface area contributed by atoms with Crippen molar-refractivity contribution in [2.24, 2.45) is 5.41 Å². The molecule has 0 aromatic carbocycles. The molecule has 0 atom stereocenters. The number of hydrogen-bond donors (Lipinski definition) is 1. The normalized spacial score (nSPS) is 17.6. The van der Waals surface area contributed by atoms with Crippen LogP contribution in [0.4, 0.5) is 0 Å². The minimum absolute atomic E-state index is 0.0223. The van der Waals surface area contributed by atoms with E-state index in [1.54, 1.807) is 0 Å². The molecule has 0 unspecified atom stereocenters. The summed E-state index contributed by atoms with van der Waals surface area (Å²) in [5.74, 6) is 0.767. The maximum Gasteiger partial charge on any atom is 0.235 e. The van der Waals surface area contributed by atoms with Crippen LogP contribution in [0.3, 0.4) is 0 Å². The Labute approximate surface area is 106 Å². The first kappa shape index (κ1) is 12.4. The molecule has 94 valence electrons. The average Bonchev–Trinajstić information content (AvgIpc) is 2.66. The Balaban J connectivity index is 2.10. The van der Waals surface area contributed by atoms with Gasteiger partial charge in [-0.1, -0.05) is 19.0 Å². The van der Waals surface area contributed by atoms with Gasteiger partial charge in [-0.15, -0.1) is 11.6 Å². The highest BCUT2D eigenvalue weighted by Gasteiger charge is 2.30. The molecule has 2 rings (SSSR count). The topological polar surface area (TPSA) is 55.1 Å². The number of nitrogens with zero attached hydrogens (tertiary/aromatic N) is 1. The van der Waals surface area contributed by atoms with E-state index >= 15 is 0 Å². The van der Waals surface area contributed by atoms with Crippen LogP contribution in [-0.4, -0.2) is 16.9 Å². The predicted molar refractivity (Wildman–Crippen MR) is 64.9 cm³/mol. The van der Waals surface area contributed by atoms with E-state index in [0.29, 0.717) is 6.54 Å². The van der Waals surface area contributed by atoms with Crippen LogP contribution in [0, 0.1) is 5.41 Å². The fourth-order valence-electron chi connectivity index (χ4n) is 2.17. The van der Waals surface area contributed by atoms with Gasteiger partial charge in [0.2, 0.25) is 5.91 Å². The van der Waals surface area contributed by atoms with Crippen molar-refractivity contribution in [1.29, 1.82) is 0 Å². The highest BCUT2D eigenvalue weighted by molar-refractivity contribution is 6.27. The zero-order valence-corrected chi connectivity index (χ0v) is 10.9. The summed E-state index contributed by atoms with van der Waals surface area (Å²) in [6.45, 7) is 4.88. The quantitative estimate of drug-likeness (QED) is 0.842. The van der Waals surface area contributed by atoms with Crippen LogP contribution in [0.25, 0.3) is 0 Å². The van der Waals surface area contributed by atoms with Crippen LogP contribution >= 0.6 is 11.6 Å². The first-order chi connectivity index (χ1) is 8.02. The van der Waals surface area contributed by atoms with Crippen molar-refractivity contribution in [2.75, 3.05) is 5.88 Å². The number of halogens is 1. The Kier molecular flexibility index (Phi) is 3.43. The SMILES string of the molecule is CC1(C)CCc2onc(CNC(=O)CCl)c2C1. The van der Waals surface area contributed by atoms with Gasteiger partial charge in [-0.05, 0) is 18.3 Å². The summed E-state index contributed by atoms with van der Waals surface area (Å²) in [5, 5.41) is 6.76. The molecule has 0 saturated carbocycles. The number of alkyl halides is 1. The minimum Gasteiger partial charge on any atom is -0.361 e.